The maximum atomic E-state index is 13.1. The predicted molar refractivity (Wildman–Crippen MR) is 136 cm³/mol. The lowest BCUT2D eigenvalue weighted by atomic mass is 9.71. The molecule has 4 rings (SSSR count). The van der Waals surface area contributed by atoms with Gasteiger partial charge in [0.25, 0.3) is 0 Å². The van der Waals surface area contributed by atoms with Gasteiger partial charge in [0.05, 0.1) is 11.5 Å². The third-order valence-electron chi connectivity index (χ3n) is 6.20. The molecular formula is C22H26BN7O7S. The molecule has 1 fully saturated rings. The number of amides is 4. The first-order valence-corrected chi connectivity index (χ1v) is 12.4. The molecule has 0 radical (unpaired) electrons. The van der Waals surface area contributed by atoms with Gasteiger partial charge in [-0.15, -0.1) is 0 Å². The zero-order valence-corrected chi connectivity index (χ0v) is 21.5. The molecule has 3 heterocycles. The Morgan fingerprint density at radius 1 is 1.37 bits per heavy atom. The highest BCUT2D eigenvalue weighted by molar-refractivity contribution is 7.09. The first-order chi connectivity index (χ1) is 18.1. The van der Waals surface area contributed by atoms with E-state index >= 15 is 0 Å². The Morgan fingerprint density at radius 2 is 2.13 bits per heavy atom. The largest absolute Gasteiger partial charge is 0.549 e. The van der Waals surface area contributed by atoms with E-state index in [1.165, 1.54) is 18.1 Å². The smallest absolute Gasteiger partial charge is 0.534 e. The van der Waals surface area contributed by atoms with Gasteiger partial charge in [0.2, 0.25) is 0 Å². The van der Waals surface area contributed by atoms with E-state index in [9.17, 15) is 24.3 Å². The normalized spacial score (nSPS) is 17.9. The second-order valence-corrected chi connectivity index (χ2v) is 9.30. The van der Waals surface area contributed by atoms with Gasteiger partial charge in [-0.1, -0.05) is 18.7 Å². The van der Waals surface area contributed by atoms with Gasteiger partial charge in [0.1, 0.15) is 11.8 Å². The molecule has 5 N–H and O–H groups in total. The average Bonchev–Trinajstić information content (AvgIpc) is 3.33. The number of carboxylic acids is 1. The van der Waals surface area contributed by atoms with Crippen molar-refractivity contribution < 1.29 is 33.6 Å². The highest BCUT2D eigenvalue weighted by Gasteiger charge is 2.41. The number of rotatable bonds is 8. The number of nitrogens with two attached hydrogens (primary N) is 1. The van der Waals surface area contributed by atoms with E-state index in [1.54, 1.807) is 19.1 Å². The SMILES string of the molecule is C=C(NC1Cc2cccc(C(=O)O)c2OB1OC)C(NC(=O)N1CCN(CC)C(=O)C1=O)c1nsc(N)n1. The summed E-state index contributed by atoms with van der Waals surface area (Å²) in [6.45, 7) is 6.37. The summed E-state index contributed by atoms with van der Waals surface area (Å²) >= 11 is 0.913. The van der Waals surface area contributed by atoms with Crippen molar-refractivity contribution >= 4 is 47.6 Å². The fourth-order valence-corrected chi connectivity index (χ4v) is 4.75. The Labute approximate surface area is 222 Å². The van der Waals surface area contributed by atoms with Crippen LogP contribution >= 0.6 is 11.5 Å². The second-order valence-electron chi connectivity index (χ2n) is 8.52. The molecule has 2 aromatic rings. The summed E-state index contributed by atoms with van der Waals surface area (Å²) in [7, 11) is 0.516. The van der Waals surface area contributed by atoms with Crippen LogP contribution in [0.2, 0.25) is 0 Å². The number of hydrogen-bond donors (Lipinski definition) is 4. The molecule has 14 nitrogen and oxygen atoms in total. The number of anilines is 1. The number of benzene rings is 1. The Balaban J connectivity index is 1.55. The number of carboxylic acid groups (broad SMARTS) is 1. The standard InChI is InChI=1S/C22H26BN7O7S/c1-4-29-8-9-30(19(32)18(29)31)22(35)26-15(17-27-21(24)38-28-17)11(2)25-14-10-12-6-5-7-13(20(33)34)16(12)37-23(14)36-3/h5-7,14-15,25H,2,4,8-10H2,1,3H3,(H,26,35)(H,33,34)(H2,24,27,28). The molecule has 200 valence electrons. The van der Waals surface area contributed by atoms with Crippen LogP contribution in [0.3, 0.4) is 0 Å². The number of urea groups is 1. The topological polar surface area (TPSA) is 189 Å². The van der Waals surface area contributed by atoms with Gasteiger partial charge in [-0.3, -0.25) is 14.5 Å². The zero-order valence-electron chi connectivity index (χ0n) is 20.7. The van der Waals surface area contributed by atoms with E-state index in [1.807, 2.05) is 0 Å². The monoisotopic (exact) mass is 543 g/mol. The third kappa shape index (κ3) is 5.26. The fourth-order valence-electron chi connectivity index (χ4n) is 4.28. The van der Waals surface area contributed by atoms with E-state index in [0.717, 1.165) is 16.4 Å². The van der Waals surface area contributed by atoms with Crippen molar-refractivity contribution in [1.29, 1.82) is 0 Å². The van der Waals surface area contributed by atoms with E-state index in [2.05, 4.69) is 26.6 Å². The summed E-state index contributed by atoms with van der Waals surface area (Å²) in [5.74, 6) is -3.04. The van der Waals surface area contributed by atoms with Crippen molar-refractivity contribution in [2.45, 2.75) is 25.3 Å². The number of para-hydroxylation sites is 1. The summed E-state index contributed by atoms with van der Waals surface area (Å²) < 4.78 is 15.5. The van der Waals surface area contributed by atoms with Crippen LogP contribution in [0.1, 0.15) is 34.7 Å². The molecule has 0 bridgehead atoms. The number of carbonyl (C=O) groups is 4. The zero-order chi connectivity index (χ0) is 27.6. The fraction of sp³-hybridized carbons (Fsp3) is 0.364. The quantitative estimate of drug-likeness (QED) is 0.260. The van der Waals surface area contributed by atoms with Gasteiger partial charge in [-0.2, -0.15) is 4.37 Å². The molecule has 16 heteroatoms. The Morgan fingerprint density at radius 3 is 2.76 bits per heavy atom. The van der Waals surface area contributed by atoms with Crippen LogP contribution in [0.4, 0.5) is 9.93 Å². The molecule has 1 aromatic heterocycles. The number of hydrogen-bond acceptors (Lipinski definition) is 11. The number of carbonyl (C=O) groups excluding carboxylic acids is 3. The highest BCUT2D eigenvalue weighted by atomic mass is 32.1. The predicted octanol–water partition coefficient (Wildman–Crippen LogP) is 0.0407. The van der Waals surface area contributed by atoms with Crippen LogP contribution in [0.25, 0.3) is 0 Å². The van der Waals surface area contributed by atoms with Gasteiger partial charge in [0, 0.05) is 44.0 Å². The summed E-state index contributed by atoms with van der Waals surface area (Å²) in [5.41, 5.74) is 6.64. The second kappa shape index (κ2) is 11.1. The maximum absolute atomic E-state index is 13.1. The van der Waals surface area contributed by atoms with Crippen LogP contribution in [-0.2, 0) is 20.7 Å². The number of aromatic nitrogens is 2. The van der Waals surface area contributed by atoms with E-state index in [-0.39, 0.29) is 41.1 Å². The number of nitrogen functional groups attached to an aromatic ring is 1. The van der Waals surface area contributed by atoms with Crippen LogP contribution in [-0.4, -0.2) is 87.9 Å². The Bertz CT molecular complexity index is 1290. The van der Waals surface area contributed by atoms with E-state index < -0.39 is 42.9 Å². The van der Waals surface area contributed by atoms with Gasteiger partial charge in [-0.05, 0) is 25.0 Å². The van der Waals surface area contributed by atoms with Crippen LogP contribution < -0.4 is 21.0 Å². The number of nitrogens with zero attached hydrogens (tertiary/aromatic N) is 4. The van der Waals surface area contributed by atoms with Crippen LogP contribution in [0, 0.1) is 0 Å². The van der Waals surface area contributed by atoms with Crippen molar-refractivity contribution in [2.75, 3.05) is 32.5 Å². The minimum Gasteiger partial charge on any atom is -0.534 e. The molecule has 0 spiro atoms. The molecule has 2 aliphatic rings. The number of imide groups is 1. The minimum absolute atomic E-state index is 0.0106. The lowest BCUT2D eigenvalue weighted by Gasteiger charge is -2.34. The molecule has 2 aliphatic heterocycles. The molecule has 0 aliphatic carbocycles. The minimum atomic E-state index is -1.13. The van der Waals surface area contributed by atoms with Crippen LogP contribution in [0.5, 0.6) is 5.75 Å². The van der Waals surface area contributed by atoms with Crippen molar-refractivity contribution in [3.63, 3.8) is 0 Å². The number of piperazine rings is 1. The number of fused-ring (bicyclic) bond motifs is 1. The first-order valence-electron chi connectivity index (χ1n) is 11.6. The molecular weight excluding hydrogens is 517 g/mol. The van der Waals surface area contributed by atoms with Crippen molar-refractivity contribution in [1.82, 2.24) is 29.8 Å². The molecule has 38 heavy (non-hydrogen) atoms. The van der Waals surface area contributed by atoms with Crippen molar-refractivity contribution in [3.05, 3.63) is 47.4 Å². The van der Waals surface area contributed by atoms with Gasteiger partial charge in [0.15, 0.2) is 11.0 Å². The van der Waals surface area contributed by atoms with Crippen LogP contribution in [0.15, 0.2) is 30.5 Å². The molecule has 0 saturated carbocycles. The highest BCUT2D eigenvalue weighted by Crippen LogP contribution is 2.31. The number of nitrogens with one attached hydrogen (secondary N) is 2. The van der Waals surface area contributed by atoms with E-state index in [0.29, 0.717) is 18.5 Å². The molecule has 4 amide bonds. The molecule has 1 aromatic carbocycles. The summed E-state index contributed by atoms with van der Waals surface area (Å²) in [6.07, 6.45) is 0.313. The Kier molecular flexibility index (Phi) is 7.82. The summed E-state index contributed by atoms with van der Waals surface area (Å²) in [5, 5.41) is 15.5. The molecule has 1 saturated heterocycles. The lowest BCUT2D eigenvalue weighted by molar-refractivity contribution is -0.153. The number of aromatic carboxylic acids is 1. The lowest BCUT2D eigenvalue weighted by Crippen LogP contribution is -2.59. The Hall–Kier alpha value is -4.18. The third-order valence-corrected chi connectivity index (χ3v) is 6.76. The molecule has 2 unspecified atom stereocenters. The van der Waals surface area contributed by atoms with E-state index in [4.69, 9.17) is 15.0 Å². The van der Waals surface area contributed by atoms with Gasteiger partial charge < -0.3 is 35.7 Å². The molecule has 2 atom stereocenters. The van der Waals surface area contributed by atoms with Gasteiger partial charge in [-0.25, -0.2) is 14.6 Å². The maximum Gasteiger partial charge on any atom is 0.549 e. The summed E-state index contributed by atoms with van der Waals surface area (Å²) in [4.78, 5) is 55.9. The van der Waals surface area contributed by atoms with Gasteiger partial charge >= 0.3 is 30.9 Å². The average molecular weight is 543 g/mol. The summed E-state index contributed by atoms with van der Waals surface area (Å²) in [6, 6.07) is 2.95. The first kappa shape index (κ1) is 26.9. The van der Waals surface area contributed by atoms with Crippen molar-refractivity contribution in [2.24, 2.45) is 0 Å². The van der Waals surface area contributed by atoms with Crippen molar-refractivity contribution in [3.8, 4) is 5.75 Å². The number of likely N-dealkylation sites (N-methyl/N-ethyl adjacent to an activating group) is 1.